The van der Waals surface area contributed by atoms with Crippen molar-refractivity contribution in [1.29, 1.82) is 0 Å². The minimum Gasteiger partial charge on any atom is -0.543 e. The average molecular weight is 413 g/mol. The summed E-state index contributed by atoms with van der Waals surface area (Å²) in [5, 5.41) is 11.7. The summed E-state index contributed by atoms with van der Waals surface area (Å²) in [6.07, 6.45) is -0.485. The first-order chi connectivity index (χ1) is 12.4. The van der Waals surface area contributed by atoms with Crippen LogP contribution in [0.2, 0.25) is 16.6 Å². The predicted molar refractivity (Wildman–Crippen MR) is 109 cm³/mol. The molecule has 7 nitrogen and oxygen atoms in total. The number of aliphatic carboxylic acids is 1. The van der Waals surface area contributed by atoms with Crippen molar-refractivity contribution in [3.8, 4) is 5.75 Å². The zero-order chi connectivity index (χ0) is 20.6. The van der Waals surface area contributed by atoms with E-state index in [-0.39, 0.29) is 10.7 Å². The first kappa shape index (κ1) is 21.4. The molecule has 1 aliphatic heterocycles. The normalized spacial score (nSPS) is 16.1. The molecule has 0 radical (unpaired) electrons. The molecule has 0 unspecified atom stereocenters. The van der Waals surface area contributed by atoms with E-state index in [2.05, 4.69) is 51.3 Å². The highest BCUT2D eigenvalue weighted by atomic mass is 32.2. The molecule has 9 heteroatoms. The zero-order valence-corrected chi connectivity index (χ0v) is 18.4. The Kier molecular flexibility index (Phi) is 6.05. The highest BCUT2D eigenvalue weighted by Gasteiger charge is 2.47. The number of nitrogens with zero attached hydrogens (tertiary/aromatic N) is 1. The molecular formula is C18H28N2O5SSi. The Morgan fingerprint density at radius 1 is 1.15 bits per heavy atom. The summed E-state index contributed by atoms with van der Waals surface area (Å²) in [4.78, 5) is 10.9. The molecule has 1 aromatic rings. The highest BCUT2D eigenvalue weighted by Crippen LogP contribution is 2.43. The lowest BCUT2D eigenvalue weighted by molar-refractivity contribution is -0.135. The van der Waals surface area contributed by atoms with Crippen LogP contribution in [0.5, 0.6) is 5.75 Å². The molecular weight excluding hydrogens is 384 g/mol. The minimum atomic E-state index is -3.98. The molecule has 1 aromatic carbocycles. The van der Waals surface area contributed by atoms with Crippen LogP contribution in [0.25, 0.3) is 0 Å². The second kappa shape index (κ2) is 7.63. The number of anilines is 1. The first-order valence-corrected chi connectivity index (χ1v) is 12.6. The van der Waals surface area contributed by atoms with E-state index in [1.807, 2.05) is 0 Å². The zero-order valence-electron chi connectivity index (χ0n) is 16.6. The number of sulfonamides is 1. The van der Waals surface area contributed by atoms with Gasteiger partial charge < -0.3 is 14.8 Å². The smallest absolute Gasteiger partial charge is 0.311 e. The van der Waals surface area contributed by atoms with Gasteiger partial charge >= 0.3 is 5.97 Å². The van der Waals surface area contributed by atoms with E-state index >= 15 is 0 Å². The Bertz CT molecular complexity index is 841. The Balaban J connectivity index is 2.46. The third-order valence-electron chi connectivity index (χ3n) is 5.06. The van der Waals surface area contributed by atoms with Gasteiger partial charge in [-0.1, -0.05) is 41.5 Å². The number of fused-ring (bicyclic) bond motifs is 1. The fourth-order valence-electron chi connectivity index (χ4n) is 4.03. The van der Waals surface area contributed by atoms with Gasteiger partial charge in [-0.25, -0.2) is 0 Å². The predicted octanol–water partition coefficient (Wildman–Crippen LogP) is 4.23. The largest absolute Gasteiger partial charge is 0.543 e. The van der Waals surface area contributed by atoms with Gasteiger partial charge in [-0.3, -0.25) is 4.79 Å². The molecule has 0 fully saturated rings. The van der Waals surface area contributed by atoms with Crippen LogP contribution in [0.1, 0.15) is 48.0 Å². The molecule has 2 N–H and O–H groups in total. The van der Waals surface area contributed by atoms with Crippen molar-refractivity contribution < 1.29 is 22.7 Å². The van der Waals surface area contributed by atoms with Crippen LogP contribution in [0.3, 0.4) is 0 Å². The number of rotatable bonds is 7. The first-order valence-electron chi connectivity index (χ1n) is 9.05. The van der Waals surface area contributed by atoms with E-state index in [0.29, 0.717) is 28.1 Å². The summed E-state index contributed by atoms with van der Waals surface area (Å²) >= 11 is 0. The van der Waals surface area contributed by atoms with Crippen molar-refractivity contribution in [2.45, 2.75) is 69.5 Å². The monoisotopic (exact) mass is 412 g/mol. The summed E-state index contributed by atoms with van der Waals surface area (Å²) in [5.41, 5.74) is 1.37. The lowest BCUT2D eigenvalue weighted by Gasteiger charge is -2.42. The number of hydrogen-bond donors (Lipinski definition) is 2. The number of nitrogens with one attached hydrogen (secondary N) is 1. The molecule has 1 heterocycles. The van der Waals surface area contributed by atoms with Crippen molar-refractivity contribution >= 4 is 35.8 Å². The number of amidine groups is 1. The summed E-state index contributed by atoms with van der Waals surface area (Å²) in [6, 6.07) is 4.84. The molecule has 27 heavy (non-hydrogen) atoms. The number of carbonyl (C=O) groups is 1. The maximum atomic E-state index is 12.5. The van der Waals surface area contributed by atoms with Crippen LogP contribution in [0.15, 0.2) is 27.5 Å². The quantitative estimate of drug-likeness (QED) is 0.649. The van der Waals surface area contributed by atoms with Crippen molar-refractivity contribution in [3.63, 3.8) is 0 Å². The fourth-order valence-corrected chi connectivity index (χ4v) is 10.4. The Morgan fingerprint density at radius 2 is 1.70 bits per heavy atom. The number of carboxylic acid groups (broad SMARTS) is 1. The van der Waals surface area contributed by atoms with Gasteiger partial charge in [0, 0.05) is 6.07 Å². The average Bonchev–Trinajstić information content (AvgIpc) is 2.50. The van der Waals surface area contributed by atoms with Crippen molar-refractivity contribution in [3.05, 3.63) is 18.2 Å². The Labute approximate surface area is 162 Å². The van der Waals surface area contributed by atoms with E-state index in [4.69, 9.17) is 9.53 Å². The Morgan fingerprint density at radius 3 is 2.19 bits per heavy atom. The van der Waals surface area contributed by atoms with E-state index in [1.165, 1.54) is 6.07 Å². The van der Waals surface area contributed by atoms with Gasteiger partial charge in [0.05, 0.1) is 5.69 Å². The molecule has 0 saturated heterocycles. The third-order valence-corrected chi connectivity index (χ3v) is 12.4. The number of carboxylic acids is 1. The van der Waals surface area contributed by atoms with Gasteiger partial charge in [0.2, 0.25) is 0 Å². The van der Waals surface area contributed by atoms with E-state index < -0.39 is 30.7 Å². The van der Waals surface area contributed by atoms with E-state index in [1.54, 1.807) is 12.1 Å². The molecule has 0 bridgehead atoms. The fraction of sp³-hybridized carbons (Fsp3) is 0.556. The molecule has 0 aliphatic carbocycles. The SMILES string of the molecule is CC(C)[Si](Oc1ccc2c(c1)S(=O)(=O)N=C(CC(=O)O)N2)(C(C)C)C(C)C. The van der Waals surface area contributed by atoms with Crippen LogP contribution in [0.4, 0.5) is 5.69 Å². The Hall–Kier alpha value is -1.87. The van der Waals surface area contributed by atoms with Crippen LogP contribution in [0, 0.1) is 0 Å². The summed E-state index contributed by atoms with van der Waals surface area (Å²) < 4.78 is 35.2. The van der Waals surface area contributed by atoms with Gasteiger partial charge in [0.1, 0.15) is 22.9 Å². The molecule has 0 spiro atoms. The molecule has 150 valence electrons. The van der Waals surface area contributed by atoms with Crippen LogP contribution in [-0.4, -0.2) is 33.6 Å². The van der Waals surface area contributed by atoms with Crippen LogP contribution < -0.4 is 9.74 Å². The van der Waals surface area contributed by atoms with E-state index in [9.17, 15) is 13.2 Å². The molecule has 1 aliphatic rings. The standard InChI is InChI=1S/C18H28N2O5SSi/c1-11(2)27(12(3)4,13(5)6)25-14-7-8-15-16(9-14)26(23,24)20-17(19-15)10-18(21)22/h7-9,11-13H,10H2,1-6H3,(H,19,20)(H,21,22). The number of hydrogen-bond acceptors (Lipinski definition) is 5. The maximum Gasteiger partial charge on any atom is 0.311 e. The molecule has 0 saturated carbocycles. The summed E-state index contributed by atoms with van der Waals surface area (Å²) in [5.74, 6) is -0.737. The van der Waals surface area contributed by atoms with Crippen molar-refractivity contribution in [2.24, 2.45) is 4.40 Å². The van der Waals surface area contributed by atoms with Crippen LogP contribution in [-0.2, 0) is 14.8 Å². The second-order valence-corrected chi connectivity index (χ2v) is 14.7. The lowest BCUT2D eigenvalue weighted by Crippen LogP contribution is -2.50. The van der Waals surface area contributed by atoms with E-state index in [0.717, 1.165) is 0 Å². The molecule has 0 amide bonds. The lowest BCUT2D eigenvalue weighted by atomic mass is 10.3. The summed E-state index contributed by atoms with van der Waals surface area (Å²) in [7, 11) is -6.20. The van der Waals surface area contributed by atoms with Gasteiger partial charge in [-0.15, -0.1) is 4.40 Å². The summed E-state index contributed by atoms with van der Waals surface area (Å²) in [6.45, 7) is 12.9. The second-order valence-electron chi connectivity index (χ2n) is 7.79. The minimum absolute atomic E-state index is 0.00769. The molecule has 2 rings (SSSR count). The maximum absolute atomic E-state index is 12.5. The van der Waals surface area contributed by atoms with Gasteiger partial charge in [-0.05, 0) is 28.8 Å². The van der Waals surface area contributed by atoms with Gasteiger partial charge in [0.15, 0.2) is 0 Å². The highest BCUT2D eigenvalue weighted by molar-refractivity contribution is 7.90. The topological polar surface area (TPSA) is 105 Å². The van der Waals surface area contributed by atoms with Gasteiger partial charge in [0.25, 0.3) is 18.3 Å². The number of benzene rings is 1. The molecule has 0 atom stereocenters. The van der Waals surface area contributed by atoms with Crippen molar-refractivity contribution in [1.82, 2.24) is 0 Å². The third kappa shape index (κ3) is 4.19. The van der Waals surface area contributed by atoms with Gasteiger partial charge in [-0.2, -0.15) is 8.42 Å². The van der Waals surface area contributed by atoms with Crippen molar-refractivity contribution in [2.75, 3.05) is 5.32 Å². The molecule has 0 aromatic heterocycles. The van der Waals surface area contributed by atoms with Crippen LogP contribution >= 0.6 is 0 Å².